The summed E-state index contributed by atoms with van der Waals surface area (Å²) in [6.07, 6.45) is 10.0. The van der Waals surface area contributed by atoms with E-state index in [-0.39, 0.29) is 10.8 Å². The molecule has 1 aliphatic carbocycles. The lowest BCUT2D eigenvalue weighted by Gasteiger charge is -2.13. The van der Waals surface area contributed by atoms with Gasteiger partial charge in [-0.05, 0) is 50.5 Å². The molecule has 4 aromatic heterocycles. The summed E-state index contributed by atoms with van der Waals surface area (Å²) >= 11 is 0. The number of benzene rings is 1. The summed E-state index contributed by atoms with van der Waals surface area (Å²) in [6, 6.07) is 10.8. The number of hydrogen-bond donors (Lipinski definition) is 1. The van der Waals surface area contributed by atoms with Crippen LogP contribution >= 0.6 is 0 Å². The summed E-state index contributed by atoms with van der Waals surface area (Å²) in [5.41, 5.74) is 9.29. The van der Waals surface area contributed by atoms with Crippen LogP contribution in [0.4, 0.5) is 5.69 Å². The Morgan fingerprint density at radius 3 is 2.61 bits per heavy atom. The number of aryl methyl sites for hydroxylation is 1. The first-order valence-electron chi connectivity index (χ1n) is 10.9. The third-order valence-corrected chi connectivity index (χ3v) is 8.25. The maximum Gasteiger partial charge on any atom is 0.269 e. The van der Waals surface area contributed by atoms with E-state index in [0.29, 0.717) is 22.9 Å². The van der Waals surface area contributed by atoms with E-state index in [2.05, 4.69) is 19.7 Å². The zero-order chi connectivity index (χ0) is 22.7. The van der Waals surface area contributed by atoms with E-state index >= 15 is 0 Å². The van der Waals surface area contributed by atoms with Gasteiger partial charge in [0.2, 0.25) is 0 Å². The Hall–Kier alpha value is -3.66. The summed E-state index contributed by atoms with van der Waals surface area (Å²) in [6.45, 7) is 1.92. The number of nitrogen functional groups attached to an aromatic ring is 1. The first-order valence-corrected chi connectivity index (χ1v) is 12.3. The second-order valence-corrected chi connectivity index (χ2v) is 10.5. The summed E-state index contributed by atoms with van der Waals surface area (Å²) in [5.74, 6) is 1.04. The van der Waals surface area contributed by atoms with Crippen LogP contribution in [0, 0.1) is 6.92 Å². The molecule has 0 aliphatic heterocycles. The third kappa shape index (κ3) is 3.12. The molecule has 0 bridgehead atoms. The fourth-order valence-corrected chi connectivity index (χ4v) is 6.15. The van der Waals surface area contributed by atoms with Crippen molar-refractivity contribution in [3.05, 3.63) is 72.6 Å². The second-order valence-electron chi connectivity index (χ2n) is 8.70. The van der Waals surface area contributed by atoms with E-state index in [1.807, 2.05) is 29.8 Å². The van der Waals surface area contributed by atoms with Crippen LogP contribution in [-0.2, 0) is 10.0 Å². The lowest BCUT2D eigenvalue weighted by Crippen LogP contribution is -2.13. The summed E-state index contributed by atoms with van der Waals surface area (Å²) in [5, 5.41) is 8.80. The molecule has 0 spiro atoms. The van der Waals surface area contributed by atoms with Crippen LogP contribution in [0.3, 0.4) is 0 Å². The Balaban J connectivity index is 1.42. The van der Waals surface area contributed by atoms with Crippen LogP contribution in [0.5, 0.6) is 0 Å². The Bertz CT molecular complexity index is 1600. The van der Waals surface area contributed by atoms with Crippen molar-refractivity contribution >= 4 is 32.5 Å². The molecule has 6 rings (SSSR count). The molecule has 168 valence electrons. The standard InChI is InChI=1S/C23H23N7O2S/c1-15-2-6-19(7-3-15)33(31,32)29-11-9-20-23(29)25-13-21-26-27-22(30(20)21)16-4-5-18(12-16)28-10-8-17(24)14-28/h2-3,6-11,13-14,16,18H,4-5,12,24H2,1H3/t16-,18+/m1/s1. The highest BCUT2D eigenvalue weighted by Gasteiger charge is 2.31. The van der Waals surface area contributed by atoms with Crippen molar-refractivity contribution in [1.29, 1.82) is 0 Å². The van der Waals surface area contributed by atoms with Gasteiger partial charge < -0.3 is 10.3 Å². The van der Waals surface area contributed by atoms with E-state index < -0.39 is 10.0 Å². The number of aromatic nitrogens is 6. The summed E-state index contributed by atoms with van der Waals surface area (Å²) in [7, 11) is -3.78. The monoisotopic (exact) mass is 461 g/mol. The zero-order valence-corrected chi connectivity index (χ0v) is 18.9. The smallest absolute Gasteiger partial charge is 0.269 e. The molecule has 1 saturated carbocycles. The van der Waals surface area contributed by atoms with Gasteiger partial charge in [-0.3, -0.25) is 4.40 Å². The van der Waals surface area contributed by atoms with Crippen molar-refractivity contribution < 1.29 is 8.42 Å². The van der Waals surface area contributed by atoms with Crippen molar-refractivity contribution in [2.45, 2.75) is 43.0 Å². The fraction of sp³-hybridized carbons (Fsp3) is 0.261. The first kappa shape index (κ1) is 20.0. The Morgan fingerprint density at radius 1 is 1.03 bits per heavy atom. The highest BCUT2D eigenvalue weighted by atomic mass is 32.2. The van der Waals surface area contributed by atoms with Gasteiger partial charge in [0.1, 0.15) is 5.82 Å². The van der Waals surface area contributed by atoms with E-state index in [4.69, 9.17) is 5.73 Å². The molecule has 4 heterocycles. The minimum atomic E-state index is -3.78. The van der Waals surface area contributed by atoms with E-state index in [1.54, 1.807) is 42.7 Å². The predicted octanol–water partition coefficient (Wildman–Crippen LogP) is 3.52. The van der Waals surface area contributed by atoms with Gasteiger partial charge in [0.15, 0.2) is 11.3 Å². The third-order valence-electron chi connectivity index (χ3n) is 6.57. The molecular formula is C23H23N7O2S. The first-order chi connectivity index (χ1) is 15.9. The maximum atomic E-state index is 13.3. The van der Waals surface area contributed by atoms with Crippen LogP contribution < -0.4 is 5.73 Å². The summed E-state index contributed by atoms with van der Waals surface area (Å²) in [4.78, 5) is 4.65. The molecule has 1 aromatic carbocycles. The van der Waals surface area contributed by atoms with Gasteiger partial charge in [-0.15, -0.1) is 10.2 Å². The van der Waals surface area contributed by atoms with E-state index in [1.165, 1.54) is 3.97 Å². The maximum absolute atomic E-state index is 13.3. The Kier molecular flexibility index (Phi) is 4.34. The molecule has 9 nitrogen and oxygen atoms in total. The minimum absolute atomic E-state index is 0.205. The molecule has 0 amide bonds. The Morgan fingerprint density at radius 2 is 1.85 bits per heavy atom. The van der Waals surface area contributed by atoms with Crippen molar-refractivity contribution in [3.8, 4) is 0 Å². The Labute approximate surface area is 190 Å². The van der Waals surface area contributed by atoms with Gasteiger partial charge in [0.25, 0.3) is 10.0 Å². The number of anilines is 1. The van der Waals surface area contributed by atoms with Gasteiger partial charge in [-0.25, -0.2) is 17.4 Å². The zero-order valence-electron chi connectivity index (χ0n) is 18.0. The van der Waals surface area contributed by atoms with Crippen LogP contribution in [0.2, 0.25) is 0 Å². The van der Waals surface area contributed by atoms with Crippen LogP contribution in [0.1, 0.15) is 42.6 Å². The molecule has 2 N–H and O–H groups in total. The molecule has 0 unspecified atom stereocenters. The number of rotatable bonds is 4. The van der Waals surface area contributed by atoms with Crippen LogP contribution in [0.15, 0.2) is 66.1 Å². The topological polar surface area (TPSA) is 113 Å². The van der Waals surface area contributed by atoms with Gasteiger partial charge in [-0.2, -0.15) is 0 Å². The SMILES string of the molecule is Cc1ccc(S(=O)(=O)n2ccc3c2ncc2nnc([C@@H]4CC[C@H](n5ccc(N)c5)C4)n23)cc1. The van der Waals surface area contributed by atoms with Gasteiger partial charge in [0, 0.05) is 36.2 Å². The molecule has 10 heteroatoms. The van der Waals surface area contributed by atoms with Crippen molar-refractivity contribution in [1.82, 2.24) is 28.1 Å². The molecular weight excluding hydrogens is 438 g/mol. The van der Waals surface area contributed by atoms with Gasteiger partial charge in [0.05, 0.1) is 16.6 Å². The minimum Gasteiger partial charge on any atom is -0.398 e. The lowest BCUT2D eigenvalue weighted by molar-refractivity contribution is 0.509. The van der Waals surface area contributed by atoms with Crippen LogP contribution in [-0.4, -0.2) is 36.5 Å². The second kappa shape index (κ2) is 7.17. The number of fused-ring (bicyclic) bond motifs is 3. The van der Waals surface area contributed by atoms with Gasteiger partial charge >= 0.3 is 0 Å². The van der Waals surface area contributed by atoms with Crippen molar-refractivity contribution in [2.24, 2.45) is 0 Å². The van der Waals surface area contributed by atoms with Gasteiger partial charge in [-0.1, -0.05) is 17.7 Å². The highest BCUT2D eigenvalue weighted by molar-refractivity contribution is 7.90. The molecule has 1 fully saturated rings. The molecule has 33 heavy (non-hydrogen) atoms. The lowest BCUT2D eigenvalue weighted by atomic mass is 10.1. The average molecular weight is 462 g/mol. The van der Waals surface area contributed by atoms with Crippen LogP contribution in [0.25, 0.3) is 16.8 Å². The number of nitrogens with zero attached hydrogens (tertiary/aromatic N) is 6. The van der Waals surface area contributed by atoms with E-state index in [9.17, 15) is 8.42 Å². The van der Waals surface area contributed by atoms with Crippen molar-refractivity contribution in [3.63, 3.8) is 0 Å². The largest absolute Gasteiger partial charge is 0.398 e. The molecule has 0 saturated heterocycles. The predicted molar refractivity (Wildman–Crippen MR) is 125 cm³/mol. The quantitative estimate of drug-likeness (QED) is 0.438. The molecule has 1 aliphatic rings. The van der Waals surface area contributed by atoms with E-state index in [0.717, 1.165) is 36.3 Å². The summed E-state index contributed by atoms with van der Waals surface area (Å²) < 4.78 is 32.0. The average Bonchev–Trinajstić information content (AvgIpc) is 3.57. The fourth-order valence-electron chi connectivity index (χ4n) is 4.85. The number of nitrogens with two attached hydrogens (primary N) is 1. The molecule has 5 aromatic rings. The normalized spacial score (nSPS) is 19.1. The number of hydrogen-bond acceptors (Lipinski definition) is 6. The highest BCUT2D eigenvalue weighted by Crippen LogP contribution is 2.41. The van der Waals surface area contributed by atoms with Crippen molar-refractivity contribution in [2.75, 3.05) is 5.73 Å². The molecule has 0 radical (unpaired) electrons. The molecule has 2 atom stereocenters.